The van der Waals surface area contributed by atoms with Crippen LogP contribution in [0, 0.1) is 0 Å². The van der Waals surface area contributed by atoms with Crippen molar-refractivity contribution in [2.24, 2.45) is 0 Å². The lowest BCUT2D eigenvalue weighted by atomic mass is 9.87. The molecule has 2 amide bonds. The van der Waals surface area contributed by atoms with E-state index >= 15 is 0 Å². The van der Waals surface area contributed by atoms with E-state index in [0.29, 0.717) is 23.6 Å². The molecule has 2 heterocycles. The van der Waals surface area contributed by atoms with Gasteiger partial charge in [-0.3, -0.25) is 9.59 Å². The van der Waals surface area contributed by atoms with Crippen LogP contribution in [0.2, 0.25) is 0 Å². The van der Waals surface area contributed by atoms with Crippen LogP contribution in [0.3, 0.4) is 0 Å². The Bertz CT molecular complexity index is 970. The highest BCUT2D eigenvalue weighted by Crippen LogP contribution is 2.54. The molecule has 5 nitrogen and oxygen atoms in total. The highest BCUT2D eigenvalue weighted by molar-refractivity contribution is 8.00. The molecule has 0 radical (unpaired) electrons. The smallest absolute Gasteiger partial charge is 0.248 e. The number of anilines is 1. The van der Waals surface area contributed by atoms with E-state index in [9.17, 15) is 9.59 Å². The Morgan fingerprint density at radius 2 is 1.93 bits per heavy atom. The lowest BCUT2D eigenvalue weighted by Crippen LogP contribution is -2.48. The number of thioether (sulfide) groups is 1. The second-order valence-electron chi connectivity index (χ2n) is 8.90. The second-order valence-corrected chi connectivity index (χ2v) is 10.2. The SMILES string of the molecule is COc1ccc(C(C)(C)C)cc1NC(=O)[C@@H]1CS[C@]2(c3ccccc3)CCC(=O)N12. The fourth-order valence-electron chi connectivity index (χ4n) is 4.32. The molecule has 2 atom stereocenters. The number of hydrogen-bond acceptors (Lipinski definition) is 4. The first kappa shape index (κ1) is 20.8. The number of hydrogen-bond donors (Lipinski definition) is 1. The molecule has 2 aliphatic heterocycles. The van der Waals surface area contributed by atoms with Gasteiger partial charge in [-0.25, -0.2) is 0 Å². The summed E-state index contributed by atoms with van der Waals surface area (Å²) in [6.07, 6.45) is 1.20. The third kappa shape index (κ3) is 3.47. The van der Waals surface area contributed by atoms with Crippen molar-refractivity contribution in [3.8, 4) is 5.75 Å². The summed E-state index contributed by atoms with van der Waals surface area (Å²) in [7, 11) is 1.59. The molecule has 2 aromatic rings. The van der Waals surface area contributed by atoms with Gasteiger partial charge in [0.25, 0.3) is 0 Å². The van der Waals surface area contributed by atoms with Gasteiger partial charge in [-0.1, -0.05) is 57.2 Å². The molecule has 1 N–H and O–H groups in total. The number of ether oxygens (including phenoxy) is 1. The predicted octanol–water partition coefficient (Wildman–Crippen LogP) is 4.52. The minimum Gasteiger partial charge on any atom is -0.495 e. The van der Waals surface area contributed by atoms with Crippen molar-refractivity contribution in [3.05, 3.63) is 59.7 Å². The van der Waals surface area contributed by atoms with Crippen LogP contribution in [0.4, 0.5) is 5.69 Å². The van der Waals surface area contributed by atoms with Gasteiger partial charge < -0.3 is 15.0 Å². The topological polar surface area (TPSA) is 58.6 Å². The molecule has 2 aliphatic rings. The maximum absolute atomic E-state index is 13.3. The summed E-state index contributed by atoms with van der Waals surface area (Å²) in [4.78, 5) is 27.5. The van der Waals surface area contributed by atoms with E-state index in [4.69, 9.17) is 4.74 Å². The third-order valence-corrected chi connectivity index (χ3v) is 7.57. The van der Waals surface area contributed by atoms with Crippen LogP contribution in [0.15, 0.2) is 48.5 Å². The summed E-state index contributed by atoms with van der Waals surface area (Å²) < 4.78 is 5.47. The zero-order valence-electron chi connectivity index (χ0n) is 17.9. The quantitative estimate of drug-likeness (QED) is 0.784. The van der Waals surface area contributed by atoms with E-state index < -0.39 is 10.9 Å². The van der Waals surface area contributed by atoms with Crippen molar-refractivity contribution in [1.29, 1.82) is 0 Å². The predicted molar refractivity (Wildman–Crippen MR) is 121 cm³/mol. The van der Waals surface area contributed by atoms with Crippen molar-refractivity contribution in [2.45, 2.75) is 49.9 Å². The van der Waals surface area contributed by atoms with Gasteiger partial charge in [0.15, 0.2) is 0 Å². The van der Waals surface area contributed by atoms with E-state index in [2.05, 4.69) is 38.2 Å². The van der Waals surface area contributed by atoms with Crippen LogP contribution >= 0.6 is 11.8 Å². The standard InChI is InChI=1S/C24H28N2O3S/c1-23(2,3)17-10-11-20(29-4)18(14-17)25-22(28)19-15-30-24(13-12-21(27)26(19)24)16-8-6-5-7-9-16/h5-11,14,19H,12-13,15H2,1-4H3,(H,25,28)/t19-,24-/m0/s1. The minimum absolute atomic E-state index is 0.0411. The van der Waals surface area contributed by atoms with Crippen molar-refractivity contribution < 1.29 is 14.3 Å². The number of nitrogens with zero attached hydrogens (tertiary/aromatic N) is 1. The highest BCUT2D eigenvalue weighted by Gasteiger charge is 2.56. The number of benzene rings is 2. The van der Waals surface area contributed by atoms with Gasteiger partial charge in [-0.15, -0.1) is 11.8 Å². The van der Waals surface area contributed by atoms with E-state index in [0.717, 1.165) is 17.5 Å². The maximum Gasteiger partial charge on any atom is 0.248 e. The average molecular weight is 425 g/mol. The zero-order valence-corrected chi connectivity index (χ0v) is 18.7. The fourth-order valence-corrected chi connectivity index (χ4v) is 5.98. The van der Waals surface area contributed by atoms with Crippen molar-refractivity contribution >= 4 is 29.3 Å². The van der Waals surface area contributed by atoms with E-state index in [1.165, 1.54) is 0 Å². The summed E-state index contributed by atoms with van der Waals surface area (Å²) in [5.41, 5.74) is 2.78. The van der Waals surface area contributed by atoms with Crippen LogP contribution in [0.25, 0.3) is 0 Å². The summed E-state index contributed by atoms with van der Waals surface area (Å²) in [6.45, 7) is 6.39. The first-order valence-electron chi connectivity index (χ1n) is 10.3. The highest BCUT2D eigenvalue weighted by atomic mass is 32.2. The van der Waals surface area contributed by atoms with Gasteiger partial charge >= 0.3 is 0 Å². The maximum atomic E-state index is 13.3. The number of methoxy groups -OCH3 is 1. The Morgan fingerprint density at radius 1 is 1.20 bits per heavy atom. The number of fused-ring (bicyclic) bond motifs is 1. The Hall–Kier alpha value is -2.47. The van der Waals surface area contributed by atoms with Gasteiger partial charge in [0.1, 0.15) is 16.7 Å². The summed E-state index contributed by atoms with van der Waals surface area (Å²) in [5.74, 6) is 1.07. The van der Waals surface area contributed by atoms with Gasteiger partial charge in [0, 0.05) is 12.2 Å². The molecular weight excluding hydrogens is 396 g/mol. The van der Waals surface area contributed by atoms with Crippen LogP contribution in [0.1, 0.15) is 44.7 Å². The molecule has 158 valence electrons. The lowest BCUT2D eigenvalue weighted by molar-refractivity contribution is -0.136. The molecule has 0 aliphatic carbocycles. The molecule has 4 rings (SSSR count). The Morgan fingerprint density at radius 3 is 2.60 bits per heavy atom. The molecule has 0 saturated carbocycles. The molecule has 0 aromatic heterocycles. The molecule has 0 spiro atoms. The molecule has 2 aromatic carbocycles. The number of rotatable bonds is 4. The second kappa shape index (κ2) is 7.65. The van der Waals surface area contributed by atoms with E-state index in [-0.39, 0.29) is 17.2 Å². The fraction of sp³-hybridized carbons (Fsp3) is 0.417. The monoisotopic (exact) mass is 424 g/mol. The van der Waals surface area contributed by atoms with E-state index in [1.807, 2.05) is 41.3 Å². The Kier molecular flexibility index (Phi) is 5.30. The Balaban J connectivity index is 1.63. The molecule has 2 fully saturated rings. The summed E-state index contributed by atoms with van der Waals surface area (Å²) >= 11 is 1.69. The van der Waals surface area contributed by atoms with Crippen molar-refractivity contribution in [1.82, 2.24) is 4.90 Å². The molecule has 0 unspecified atom stereocenters. The zero-order chi connectivity index (χ0) is 21.5. The summed E-state index contributed by atoms with van der Waals surface area (Å²) in [6, 6.07) is 15.4. The molecule has 0 bridgehead atoms. The number of nitrogens with one attached hydrogen (secondary N) is 1. The van der Waals surface area contributed by atoms with Gasteiger partial charge in [-0.05, 0) is 35.1 Å². The van der Waals surface area contributed by atoms with Crippen LogP contribution in [0.5, 0.6) is 5.75 Å². The van der Waals surface area contributed by atoms with Crippen LogP contribution in [-0.4, -0.2) is 35.6 Å². The van der Waals surface area contributed by atoms with Gasteiger partial charge in [0.05, 0.1) is 12.8 Å². The third-order valence-electron chi connectivity index (χ3n) is 5.98. The number of amides is 2. The first-order valence-corrected chi connectivity index (χ1v) is 11.3. The number of carbonyl (C=O) groups is 2. The van der Waals surface area contributed by atoms with Gasteiger partial charge in [0.2, 0.25) is 11.8 Å². The molecule has 6 heteroatoms. The summed E-state index contributed by atoms with van der Waals surface area (Å²) in [5, 5.41) is 3.05. The van der Waals surface area contributed by atoms with Crippen molar-refractivity contribution in [3.63, 3.8) is 0 Å². The first-order chi connectivity index (χ1) is 14.3. The molecule has 30 heavy (non-hydrogen) atoms. The van der Waals surface area contributed by atoms with Crippen molar-refractivity contribution in [2.75, 3.05) is 18.2 Å². The van der Waals surface area contributed by atoms with Gasteiger partial charge in [-0.2, -0.15) is 0 Å². The largest absolute Gasteiger partial charge is 0.495 e. The molecular formula is C24H28N2O3S. The van der Waals surface area contributed by atoms with Crippen LogP contribution in [-0.2, 0) is 19.9 Å². The van der Waals surface area contributed by atoms with Crippen LogP contribution < -0.4 is 10.1 Å². The average Bonchev–Trinajstić information content (AvgIpc) is 3.27. The normalized spacial score (nSPS) is 23.4. The number of carbonyl (C=O) groups excluding carboxylic acids is 2. The molecule has 2 saturated heterocycles. The van der Waals surface area contributed by atoms with E-state index in [1.54, 1.807) is 18.9 Å². The minimum atomic E-state index is -0.506. The lowest BCUT2D eigenvalue weighted by Gasteiger charge is -2.34. The Labute approximate surface area is 182 Å².